The van der Waals surface area contributed by atoms with Crippen molar-refractivity contribution in [2.75, 3.05) is 19.1 Å². The van der Waals surface area contributed by atoms with Crippen molar-refractivity contribution < 1.29 is 4.74 Å². The summed E-state index contributed by atoms with van der Waals surface area (Å²) in [5.74, 6) is 1.93. The molecule has 0 radical (unpaired) electrons. The SMILES string of the molecule is C/N=C1\CC(c2ccc(Cl)cc2)N1c1ccccc1OC. The van der Waals surface area contributed by atoms with Gasteiger partial charge in [-0.05, 0) is 29.8 Å². The molecule has 3 nitrogen and oxygen atoms in total. The molecule has 0 saturated carbocycles. The number of hydrogen-bond donors (Lipinski definition) is 0. The zero-order valence-electron chi connectivity index (χ0n) is 12.1. The molecule has 0 N–H and O–H groups in total. The largest absolute Gasteiger partial charge is 0.495 e. The van der Waals surface area contributed by atoms with Crippen LogP contribution in [0.5, 0.6) is 5.75 Å². The summed E-state index contributed by atoms with van der Waals surface area (Å²) in [6, 6.07) is 16.3. The Kier molecular flexibility index (Phi) is 3.84. The molecule has 0 bridgehead atoms. The number of benzene rings is 2. The summed E-state index contributed by atoms with van der Waals surface area (Å²) >= 11 is 5.98. The van der Waals surface area contributed by atoms with Gasteiger partial charge >= 0.3 is 0 Å². The third kappa shape index (κ3) is 2.49. The fourth-order valence-electron chi connectivity index (χ4n) is 2.72. The molecule has 2 aromatic rings. The Labute approximate surface area is 129 Å². The first kappa shape index (κ1) is 14.0. The number of aliphatic imine (C=N–C) groups is 1. The molecular formula is C17H17ClN2O. The molecular weight excluding hydrogens is 284 g/mol. The van der Waals surface area contributed by atoms with Gasteiger partial charge in [-0.1, -0.05) is 35.9 Å². The van der Waals surface area contributed by atoms with Crippen molar-refractivity contribution in [3.8, 4) is 5.75 Å². The molecule has 0 amide bonds. The zero-order valence-corrected chi connectivity index (χ0v) is 12.8. The minimum absolute atomic E-state index is 0.275. The maximum Gasteiger partial charge on any atom is 0.142 e. The van der Waals surface area contributed by atoms with E-state index in [1.54, 1.807) is 7.11 Å². The fourth-order valence-corrected chi connectivity index (χ4v) is 2.84. The summed E-state index contributed by atoms with van der Waals surface area (Å²) in [5.41, 5.74) is 2.28. The molecule has 1 aliphatic rings. The maximum absolute atomic E-state index is 5.98. The van der Waals surface area contributed by atoms with E-state index in [1.807, 2.05) is 37.4 Å². The van der Waals surface area contributed by atoms with Gasteiger partial charge < -0.3 is 9.64 Å². The fraction of sp³-hybridized carbons (Fsp3) is 0.235. The Balaban J connectivity index is 1.98. The average Bonchev–Trinajstić information content (AvgIpc) is 2.49. The molecule has 1 unspecified atom stereocenters. The van der Waals surface area contributed by atoms with Gasteiger partial charge in [-0.2, -0.15) is 0 Å². The standard InChI is InChI=1S/C17H17ClN2O/c1-19-17-11-15(12-7-9-13(18)10-8-12)20(17)14-5-3-4-6-16(14)21-2/h3-10,15H,11H2,1-2H3/b19-17+. The normalized spacial score (nSPS) is 19.5. The third-order valence-electron chi connectivity index (χ3n) is 3.82. The Morgan fingerprint density at radius 1 is 1.14 bits per heavy atom. The van der Waals surface area contributed by atoms with E-state index in [1.165, 1.54) is 5.56 Å². The zero-order chi connectivity index (χ0) is 14.8. The third-order valence-corrected chi connectivity index (χ3v) is 4.08. The van der Waals surface area contributed by atoms with E-state index in [-0.39, 0.29) is 6.04 Å². The second-order valence-electron chi connectivity index (χ2n) is 4.95. The van der Waals surface area contributed by atoms with Crippen molar-refractivity contribution in [1.82, 2.24) is 0 Å². The van der Waals surface area contributed by atoms with Crippen LogP contribution in [-0.2, 0) is 0 Å². The summed E-state index contributed by atoms with van der Waals surface area (Å²) in [4.78, 5) is 6.61. The predicted molar refractivity (Wildman–Crippen MR) is 87.6 cm³/mol. The van der Waals surface area contributed by atoms with E-state index in [0.29, 0.717) is 0 Å². The number of anilines is 1. The second-order valence-corrected chi connectivity index (χ2v) is 5.39. The van der Waals surface area contributed by atoms with Crippen LogP contribution in [0.3, 0.4) is 0 Å². The topological polar surface area (TPSA) is 24.8 Å². The van der Waals surface area contributed by atoms with E-state index < -0.39 is 0 Å². The lowest BCUT2D eigenvalue weighted by Crippen LogP contribution is -2.47. The van der Waals surface area contributed by atoms with Crippen LogP contribution in [0.25, 0.3) is 0 Å². The van der Waals surface area contributed by atoms with Crippen molar-refractivity contribution in [1.29, 1.82) is 0 Å². The van der Waals surface area contributed by atoms with Gasteiger partial charge in [-0.3, -0.25) is 4.99 Å². The Hall–Kier alpha value is -2.00. The van der Waals surface area contributed by atoms with Gasteiger partial charge in [0, 0.05) is 18.5 Å². The molecule has 0 aromatic heterocycles. The van der Waals surface area contributed by atoms with Crippen molar-refractivity contribution in [2.45, 2.75) is 12.5 Å². The van der Waals surface area contributed by atoms with Gasteiger partial charge in [0.15, 0.2) is 0 Å². The number of amidine groups is 1. The van der Waals surface area contributed by atoms with E-state index >= 15 is 0 Å². The molecule has 108 valence electrons. The first-order chi connectivity index (χ1) is 10.2. The van der Waals surface area contributed by atoms with Crippen molar-refractivity contribution in [3.63, 3.8) is 0 Å². The molecule has 2 aromatic carbocycles. The minimum atomic E-state index is 0.275. The lowest BCUT2D eigenvalue weighted by molar-refractivity contribution is 0.413. The van der Waals surface area contributed by atoms with Crippen LogP contribution < -0.4 is 9.64 Å². The quantitative estimate of drug-likeness (QED) is 0.843. The van der Waals surface area contributed by atoms with E-state index in [4.69, 9.17) is 16.3 Å². The number of ether oxygens (including phenoxy) is 1. The van der Waals surface area contributed by atoms with Crippen LogP contribution in [0.1, 0.15) is 18.0 Å². The Morgan fingerprint density at radius 3 is 2.52 bits per heavy atom. The van der Waals surface area contributed by atoms with Crippen LogP contribution in [0.15, 0.2) is 53.5 Å². The average molecular weight is 301 g/mol. The predicted octanol–water partition coefficient (Wildman–Crippen LogP) is 4.33. The molecule has 4 heteroatoms. The van der Waals surface area contributed by atoms with Gasteiger partial charge in [0.1, 0.15) is 11.6 Å². The lowest BCUT2D eigenvalue weighted by Gasteiger charge is -2.44. The molecule has 1 fully saturated rings. The van der Waals surface area contributed by atoms with Crippen molar-refractivity contribution in [2.24, 2.45) is 4.99 Å². The van der Waals surface area contributed by atoms with E-state index in [2.05, 4.69) is 28.1 Å². The molecule has 3 rings (SSSR count). The molecule has 1 heterocycles. The Bertz CT molecular complexity index is 667. The highest BCUT2D eigenvalue weighted by Gasteiger charge is 2.37. The summed E-state index contributed by atoms with van der Waals surface area (Å²) in [5, 5.41) is 0.756. The lowest BCUT2D eigenvalue weighted by atomic mass is 9.92. The molecule has 0 spiro atoms. The van der Waals surface area contributed by atoms with Crippen LogP contribution in [-0.4, -0.2) is 20.0 Å². The Morgan fingerprint density at radius 2 is 1.86 bits per heavy atom. The van der Waals surface area contributed by atoms with Gasteiger partial charge in [-0.15, -0.1) is 0 Å². The summed E-state index contributed by atoms with van der Waals surface area (Å²) in [6.45, 7) is 0. The van der Waals surface area contributed by atoms with Gasteiger partial charge in [-0.25, -0.2) is 0 Å². The molecule has 1 aliphatic heterocycles. The first-order valence-corrected chi connectivity index (χ1v) is 7.25. The number of methoxy groups -OCH3 is 1. The van der Waals surface area contributed by atoms with Crippen LogP contribution in [0.4, 0.5) is 5.69 Å². The number of hydrogen-bond acceptors (Lipinski definition) is 2. The molecule has 1 saturated heterocycles. The number of rotatable bonds is 3. The first-order valence-electron chi connectivity index (χ1n) is 6.88. The molecule has 1 atom stereocenters. The minimum Gasteiger partial charge on any atom is -0.495 e. The molecule has 21 heavy (non-hydrogen) atoms. The summed E-state index contributed by atoms with van der Waals surface area (Å²) in [7, 11) is 3.52. The number of halogens is 1. The number of para-hydroxylation sites is 2. The summed E-state index contributed by atoms with van der Waals surface area (Å²) in [6.07, 6.45) is 0.927. The number of nitrogens with zero attached hydrogens (tertiary/aromatic N) is 2. The van der Waals surface area contributed by atoms with Crippen molar-refractivity contribution >= 4 is 23.1 Å². The highest BCUT2D eigenvalue weighted by molar-refractivity contribution is 6.30. The van der Waals surface area contributed by atoms with Crippen LogP contribution >= 0.6 is 11.6 Å². The maximum atomic E-state index is 5.98. The van der Waals surface area contributed by atoms with Crippen molar-refractivity contribution in [3.05, 3.63) is 59.1 Å². The van der Waals surface area contributed by atoms with Crippen LogP contribution in [0.2, 0.25) is 5.02 Å². The van der Waals surface area contributed by atoms with Gasteiger partial charge in [0.2, 0.25) is 0 Å². The van der Waals surface area contributed by atoms with Gasteiger partial charge in [0.25, 0.3) is 0 Å². The highest BCUT2D eigenvalue weighted by atomic mass is 35.5. The second kappa shape index (κ2) is 5.78. The van der Waals surface area contributed by atoms with E-state index in [0.717, 1.165) is 28.7 Å². The highest BCUT2D eigenvalue weighted by Crippen LogP contribution is 2.43. The van der Waals surface area contributed by atoms with Gasteiger partial charge in [0.05, 0.1) is 18.8 Å². The summed E-state index contributed by atoms with van der Waals surface area (Å²) < 4.78 is 5.48. The smallest absolute Gasteiger partial charge is 0.142 e. The molecule has 0 aliphatic carbocycles. The van der Waals surface area contributed by atoms with E-state index in [9.17, 15) is 0 Å². The monoisotopic (exact) mass is 300 g/mol. The van der Waals surface area contributed by atoms with Crippen LogP contribution in [0, 0.1) is 0 Å².